The zero-order valence-electron chi connectivity index (χ0n) is 12.2. The molecule has 0 aliphatic heterocycles. The molecule has 1 amide bonds. The van der Waals surface area contributed by atoms with E-state index >= 15 is 0 Å². The van der Waals surface area contributed by atoms with Crippen LogP contribution >= 0.6 is 11.6 Å². The van der Waals surface area contributed by atoms with Crippen molar-refractivity contribution in [3.63, 3.8) is 0 Å². The van der Waals surface area contributed by atoms with Gasteiger partial charge in [-0.25, -0.2) is 9.78 Å². The number of pyridine rings is 1. The third-order valence-electron chi connectivity index (χ3n) is 2.91. The Balaban J connectivity index is 1.95. The van der Waals surface area contributed by atoms with Crippen LogP contribution in [0.15, 0.2) is 42.6 Å². The fraction of sp³-hybridized carbons (Fsp3) is 0.125. The number of benzene rings is 1. The third kappa shape index (κ3) is 4.62. The van der Waals surface area contributed by atoms with Gasteiger partial charge in [-0.1, -0.05) is 23.7 Å². The van der Waals surface area contributed by atoms with Crippen LogP contribution < -0.4 is 5.32 Å². The van der Waals surface area contributed by atoms with Crippen LogP contribution in [-0.2, 0) is 9.53 Å². The minimum absolute atomic E-state index is 0.250. The van der Waals surface area contributed by atoms with Gasteiger partial charge in [-0.3, -0.25) is 9.59 Å². The quantitative estimate of drug-likeness (QED) is 0.672. The SMILES string of the molecule is C[C@@H](OC(=O)c1ccc(C=O)cc1)C(=O)Nc1ccc(Cl)cn1. The van der Waals surface area contributed by atoms with Crippen LogP contribution in [0.2, 0.25) is 5.02 Å². The van der Waals surface area contributed by atoms with Gasteiger partial charge < -0.3 is 10.1 Å². The summed E-state index contributed by atoms with van der Waals surface area (Å²) in [5.41, 5.74) is 0.695. The van der Waals surface area contributed by atoms with Gasteiger partial charge in [0.2, 0.25) is 0 Å². The van der Waals surface area contributed by atoms with Gasteiger partial charge in [-0.15, -0.1) is 0 Å². The lowest BCUT2D eigenvalue weighted by Crippen LogP contribution is -2.30. The van der Waals surface area contributed by atoms with Gasteiger partial charge >= 0.3 is 5.97 Å². The maximum absolute atomic E-state index is 12.0. The van der Waals surface area contributed by atoms with Crippen LogP contribution in [0.25, 0.3) is 0 Å². The Kier molecular flexibility index (Phi) is 5.43. The summed E-state index contributed by atoms with van der Waals surface area (Å²) in [6.07, 6.45) is 1.05. The van der Waals surface area contributed by atoms with Gasteiger partial charge in [-0.2, -0.15) is 0 Å². The molecule has 23 heavy (non-hydrogen) atoms. The van der Waals surface area contributed by atoms with Crippen molar-refractivity contribution in [2.24, 2.45) is 0 Å². The number of halogens is 1. The van der Waals surface area contributed by atoms with Crippen LogP contribution in [0.3, 0.4) is 0 Å². The van der Waals surface area contributed by atoms with Crippen LogP contribution in [-0.4, -0.2) is 29.3 Å². The van der Waals surface area contributed by atoms with E-state index in [-0.39, 0.29) is 5.56 Å². The molecule has 0 bridgehead atoms. The predicted molar refractivity (Wildman–Crippen MR) is 84.6 cm³/mol. The van der Waals surface area contributed by atoms with E-state index in [0.29, 0.717) is 22.7 Å². The largest absolute Gasteiger partial charge is 0.449 e. The molecule has 0 saturated carbocycles. The highest BCUT2D eigenvalue weighted by atomic mass is 35.5. The Hall–Kier alpha value is -2.73. The molecular weight excluding hydrogens is 320 g/mol. The van der Waals surface area contributed by atoms with Gasteiger partial charge in [0, 0.05) is 11.8 Å². The fourth-order valence-electron chi connectivity index (χ4n) is 1.66. The van der Waals surface area contributed by atoms with E-state index in [9.17, 15) is 14.4 Å². The number of aldehydes is 1. The van der Waals surface area contributed by atoms with E-state index in [1.54, 1.807) is 6.07 Å². The van der Waals surface area contributed by atoms with Crippen molar-refractivity contribution >= 4 is 35.6 Å². The molecule has 0 unspecified atom stereocenters. The summed E-state index contributed by atoms with van der Waals surface area (Å²) in [5, 5.41) is 2.96. The molecule has 0 aliphatic carbocycles. The number of rotatable bonds is 5. The van der Waals surface area contributed by atoms with E-state index < -0.39 is 18.0 Å². The van der Waals surface area contributed by atoms with E-state index in [0.717, 1.165) is 0 Å². The number of hydrogen-bond donors (Lipinski definition) is 1. The van der Waals surface area contributed by atoms with Crippen LogP contribution in [0.5, 0.6) is 0 Å². The molecular formula is C16H13ClN2O4. The molecule has 6 nitrogen and oxygen atoms in total. The van der Waals surface area contributed by atoms with E-state index in [1.165, 1.54) is 43.5 Å². The molecule has 1 N–H and O–H groups in total. The van der Waals surface area contributed by atoms with Crippen molar-refractivity contribution in [1.82, 2.24) is 4.98 Å². The van der Waals surface area contributed by atoms with Crippen LogP contribution in [0.1, 0.15) is 27.6 Å². The monoisotopic (exact) mass is 332 g/mol. The van der Waals surface area contributed by atoms with Gasteiger partial charge in [0.1, 0.15) is 12.1 Å². The molecule has 1 aromatic heterocycles. The third-order valence-corrected chi connectivity index (χ3v) is 3.14. The summed E-state index contributed by atoms with van der Waals surface area (Å²) in [7, 11) is 0. The molecule has 2 aromatic rings. The van der Waals surface area contributed by atoms with E-state index in [2.05, 4.69) is 10.3 Å². The van der Waals surface area contributed by atoms with Gasteiger partial charge in [0.05, 0.1) is 10.6 Å². The van der Waals surface area contributed by atoms with Crippen molar-refractivity contribution in [3.05, 3.63) is 58.7 Å². The van der Waals surface area contributed by atoms with Crippen molar-refractivity contribution in [3.8, 4) is 0 Å². The normalized spacial score (nSPS) is 11.4. The number of aromatic nitrogens is 1. The first-order chi connectivity index (χ1) is 11.0. The summed E-state index contributed by atoms with van der Waals surface area (Å²) in [6, 6.07) is 9.01. The number of nitrogens with one attached hydrogen (secondary N) is 1. The molecule has 0 radical (unpaired) electrons. The summed E-state index contributed by atoms with van der Waals surface area (Å²) < 4.78 is 5.07. The Bertz CT molecular complexity index is 714. The summed E-state index contributed by atoms with van der Waals surface area (Å²) >= 11 is 5.70. The zero-order valence-corrected chi connectivity index (χ0v) is 12.9. The minimum atomic E-state index is -1.01. The number of ether oxygens (including phenoxy) is 1. The lowest BCUT2D eigenvalue weighted by atomic mass is 10.1. The second-order valence-corrected chi connectivity index (χ2v) is 5.07. The zero-order chi connectivity index (χ0) is 16.8. The molecule has 2 rings (SSSR count). The number of esters is 1. The van der Waals surface area contributed by atoms with E-state index in [1.807, 2.05) is 0 Å². The molecule has 0 fully saturated rings. The number of amides is 1. The average molecular weight is 333 g/mol. The molecule has 1 aromatic carbocycles. The van der Waals surface area contributed by atoms with E-state index in [4.69, 9.17) is 16.3 Å². The van der Waals surface area contributed by atoms with Gasteiger partial charge in [0.25, 0.3) is 5.91 Å². The van der Waals surface area contributed by atoms with Crippen molar-refractivity contribution < 1.29 is 19.1 Å². The summed E-state index contributed by atoms with van der Waals surface area (Å²) in [4.78, 5) is 38.4. The topological polar surface area (TPSA) is 85.4 Å². The first-order valence-corrected chi connectivity index (χ1v) is 7.06. The number of carbonyl (C=O) groups excluding carboxylic acids is 3. The minimum Gasteiger partial charge on any atom is -0.449 e. The lowest BCUT2D eigenvalue weighted by molar-refractivity contribution is -0.123. The second-order valence-electron chi connectivity index (χ2n) is 4.64. The maximum Gasteiger partial charge on any atom is 0.338 e. The lowest BCUT2D eigenvalue weighted by Gasteiger charge is -2.13. The Morgan fingerprint density at radius 1 is 1.22 bits per heavy atom. The van der Waals surface area contributed by atoms with Crippen LogP contribution in [0.4, 0.5) is 5.82 Å². The van der Waals surface area contributed by atoms with Crippen LogP contribution in [0, 0.1) is 0 Å². The Morgan fingerprint density at radius 2 is 1.91 bits per heavy atom. The fourth-order valence-corrected chi connectivity index (χ4v) is 1.77. The highest BCUT2D eigenvalue weighted by Gasteiger charge is 2.19. The number of hydrogen-bond acceptors (Lipinski definition) is 5. The molecule has 7 heteroatoms. The maximum atomic E-state index is 12.0. The van der Waals surface area contributed by atoms with Gasteiger partial charge in [0.15, 0.2) is 6.10 Å². The number of nitrogens with zero attached hydrogens (tertiary/aromatic N) is 1. The van der Waals surface area contributed by atoms with Crippen molar-refractivity contribution in [1.29, 1.82) is 0 Å². The van der Waals surface area contributed by atoms with Gasteiger partial charge in [-0.05, 0) is 31.2 Å². The molecule has 1 heterocycles. The first-order valence-electron chi connectivity index (χ1n) is 6.68. The Labute approximate surface area is 137 Å². The summed E-state index contributed by atoms with van der Waals surface area (Å²) in [6.45, 7) is 1.45. The molecule has 0 aliphatic rings. The first kappa shape index (κ1) is 16.6. The van der Waals surface area contributed by atoms with Crippen molar-refractivity contribution in [2.45, 2.75) is 13.0 Å². The molecule has 1 atom stereocenters. The smallest absolute Gasteiger partial charge is 0.338 e. The molecule has 0 saturated heterocycles. The number of carbonyl (C=O) groups is 3. The molecule has 118 valence electrons. The molecule has 0 spiro atoms. The average Bonchev–Trinajstić information content (AvgIpc) is 2.56. The van der Waals surface area contributed by atoms with Crippen molar-refractivity contribution in [2.75, 3.05) is 5.32 Å². The standard InChI is InChI=1S/C16H13ClN2O4/c1-10(15(21)19-14-7-6-13(17)8-18-14)23-16(22)12-4-2-11(9-20)3-5-12/h2-10H,1H3,(H,18,19,21)/t10-/m1/s1. The second kappa shape index (κ2) is 7.51. The summed E-state index contributed by atoms with van der Waals surface area (Å²) in [5.74, 6) is -0.871. The number of anilines is 1. The Morgan fingerprint density at radius 3 is 2.48 bits per heavy atom. The highest BCUT2D eigenvalue weighted by Crippen LogP contribution is 2.11. The predicted octanol–water partition coefficient (Wildman–Crippen LogP) is 2.73. The highest BCUT2D eigenvalue weighted by molar-refractivity contribution is 6.30.